The number of hydrogen-bond acceptors (Lipinski definition) is 5. The first-order valence-corrected chi connectivity index (χ1v) is 12.1. The molecule has 2 aromatic carbocycles. The minimum atomic E-state index is -0.303. The smallest absolute Gasteiger partial charge is 0.251 e. The number of aromatic nitrogens is 3. The third kappa shape index (κ3) is 6.22. The molecule has 1 heterocycles. The highest BCUT2D eigenvalue weighted by Gasteiger charge is 2.26. The lowest BCUT2D eigenvalue weighted by atomic mass is 10.0. The third-order valence-electron chi connectivity index (χ3n) is 5.33. The fourth-order valence-electron chi connectivity index (χ4n) is 3.46. The Morgan fingerprint density at radius 2 is 1.79 bits per heavy atom. The maximum atomic E-state index is 12.8. The number of thioether (sulfide) groups is 1. The van der Waals surface area contributed by atoms with E-state index < -0.39 is 0 Å². The second kappa shape index (κ2) is 11.1. The number of carbonyl (C=O) groups excluding carboxylic acids is 2. The van der Waals surface area contributed by atoms with E-state index in [-0.39, 0.29) is 29.5 Å². The molecule has 33 heavy (non-hydrogen) atoms. The van der Waals surface area contributed by atoms with E-state index in [0.29, 0.717) is 23.1 Å². The van der Waals surface area contributed by atoms with Gasteiger partial charge in [-0.1, -0.05) is 55.9 Å². The van der Waals surface area contributed by atoms with Gasteiger partial charge in [-0.15, -0.1) is 10.2 Å². The lowest BCUT2D eigenvalue weighted by Gasteiger charge is -2.22. The average Bonchev–Trinajstić information content (AvgIpc) is 3.21. The first kappa shape index (κ1) is 24.5. The Morgan fingerprint density at radius 1 is 1.06 bits per heavy atom. The van der Waals surface area contributed by atoms with Crippen molar-refractivity contribution in [1.29, 1.82) is 0 Å². The maximum Gasteiger partial charge on any atom is 0.251 e. The number of nitrogens with one attached hydrogen (secondary N) is 2. The van der Waals surface area contributed by atoms with Gasteiger partial charge in [-0.2, -0.15) is 0 Å². The molecule has 0 radical (unpaired) electrons. The highest BCUT2D eigenvalue weighted by molar-refractivity contribution is 7.99. The van der Waals surface area contributed by atoms with E-state index in [1.807, 2.05) is 75.6 Å². The quantitative estimate of drug-likeness (QED) is 0.444. The molecule has 0 aliphatic rings. The van der Waals surface area contributed by atoms with E-state index in [9.17, 15) is 9.59 Å². The van der Waals surface area contributed by atoms with Crippen molar-refractivity contribution in [3.05, 3.63) is 71.0 Å². The molecule has 7 nitrogen and oxygen atoms in total. The van der Waals surface area contributed by atoms with E-state index in [1.54, 1.807) is 12.1 Å². The molecular weight excluding hydrogens is 434 g/mol. The monoisotopic (exact) mass is 465 g/mol. The van der Waals surface area contributed by atoms with Gasteiger partial charge in [0.15, 0.2) is 11.0 Å². The molecule has 2 N–H and O–H groups in total. The predicted octanol–water partition coefficient (Wildman–Crippen LogP) is 4.77. The van der Waals surface area contributed by atoms with E-state index in [0.717, 1.165) is 16.8 Å². The molecule has 2 amide bonds. The van der Waals surface area contributed by atoms with Crippen LogP contribution in [0.5, 0.6) is 0 Å². The SMILES string of the molecule is CCn1c(SCC(=O)Nc2cc(C)ccc2C)nnc1[C@@H](NC(=O)c1ccccc1)C(C)C. The zero-order valence-corrected chi connectivity index (χ0v) is 20.6. The number of rotatable bonds is 9. The summed E-state index contributed by atoms with van der Waals surface area (Å²) in [5, 5.41) is 15.4. The van der Waals surface area contributed by atoms with Crippen molar-refractivity contribution in [2.75, 3.05) is 11.1 Å². The van der Waals surface area contributed by atoms with Crippen LogP contribution in [0.1, 0.15) is 54.1 Å². The highest BCUT2D eigenvalue weighted by atomic mass is 32.2. The summed E-state index contributed by atoms with van der Waals surface area (Å²) in [4.78, 5) is 25.3. The fraction of sp³-hybridized carbons (Fsp3) is 0.360. The van der Waals surface area contributed by atoms with Crippen LogP contribution in [0.2, 0.25) is 0 Å². The first-order chi connectivity index (χ1) is 15.8. The van der Waals surface area contributed by atoms with Gasteiger partial charge in [0.1, 0.15) is 0 Å². The van der Waals surface area contributed by atoms with Crippen LogP contribution in [0.4, 0.5) is 5.69 Å². The number of amides is 2. The van der Waals surface area contributed by atoms with Crippen molar-refractivity contribution in [2.24, 2.45) is 5.92 Å². The number of nitrogens with zero attached hydrogens (tertiary/aromatic N) is 3. The molecule has 0 fully saturated rings. The maximum absolute atomic E-state index is 12.8. The van der Waals surface area contributed by atoms with Gasteiger partial charge in [0.25, 0.3) is 5.91 Å². The normalized spacial score (nSPS) is 11.9. The summed E-state index contributed by atoms with van der Waals surface area (Å²) in [7, 11) is 0. The average molecular weight is 466 g/mol. The van der Waals surface area contributed by atoms with Gasteiger partial charge in [0, 0.05) is 17.8 Å². The second-order valence-electron chi connectivity index (χ2n) is 8.30. The molecule has 174 valence electrons. The molecule has 0 spiro atoms. The summed E-state index contributed by atoms with van der Waals surface area (Å²) in [6.45, 7) is 10.7. The first-order valence-electron chi connectivity index (χ1n) is 11.1. The van der Waals surface area contributed by atoms with Crippen LogP contribution >= 0.6 is 11.8 Å². The van der Waals surface area contributed by atoms with Crippen LogP contribution in [0, 0.1) is 19.8 Å². The lowest BCUT2D eigenvalue weighted by Crippen LogP contribution is -2.33. The lowest BCUT2D eigenvalue weighted by molar-refractivity contribution is -0.113. The van der Waals surface area contributed by atoms with Gasteiger partial charge < -0.3 is 15.2 Å². The Balaban J connectivity index is 1.71. The third-order valence-corrected chi connectivity index (χ3v) is 6.30. The molecule has 0 aliphatic carbocycles. The molecule has 3 rings (SSSR count). The Labute approximate surface area is 199 Å². The van der Waals surface area contributed by atoms with Crippen molar-refractivity contribution < 1.29 is 9.59 Å². The second-order valence-corrected chi connectivity index (χ2v) is 9.24. The Morgan fingerprint density at radius 3 is 2.45 bits per heavy atom. The molecule has 8 heteroatoms. The molecule has 0 saturated carbocycles. The van der Waals surface area contributed by atoms with Crippen LogP contribution in [-0.4, -0.2) is 32.3 Å². The van der Waals surface area contributed by atoms with Crippen molar-refractivity contribution in [2.45, 2.75) is 52.4 Å². The minimum Gasteiger partial charge on any atom is -0.342 e. The molecular formula is C25H31N5O2S. The summed E-state index contributed by atoms with van der Waals surface area (Å²) in [5.74, 6) is 0.765. The van der Waals surface area contributed by atoms with Gasteiger partial charge in [0.05, 0.1) is 11.8 Å². The highest BCUT2D eigenvalue weighted by Crippen LogP contribution is 2.26. The van der Waals surface area contributed by atoms with Gasteiger partial charge >= 0.3 is 0 Å². The molecule has 0 aliphatic heterocycles. The van der Waals surface area contributed by atoms with Gasteiger partial charge in [-0.25, -0.2) is 0 Å². The number of carbonyl (C=O) groups is 2. The van der Waals surface area contributed by atoms with Crippen molar-refractivity contribution in [3.8, 4) is 0 Å². The van der Waals surface area contributed by atoms with Crippen molar-refractivity contribution >= 4 is 29.3 Å². The number of benzene rings is 2. The Kier molecular flexibility index (Phi) is 8.27. The summed E-state index contributed by atoms with van der Waals surface area (Å²) < 4.78 is 1.96. The molecule has 0 bridgehead atoms. The van der Waals surface area contributed by atoms with Gasteiger partial charge in [-0.3, -0.25) is 9.59 Å². The number of aryl methyl sites for hydroxylation is 2. The number of hydrogen-bond donors (Lipinski definition) is 2. The standard InChI is InChI=1S/C25H31N5O2S/c1-6-30-23(22(16(2)3)27-24(32)19-10-8-7-9-11-19)28-29-25(30)33-15-21(31)26-20-14-17(4)12-13-18(20)5/h7-14,16,22H,6,15H2,1-5H3,(H,26,31)(H,27,32)/t22-/m0/s1. The van der Waals surface area contributed by atoms with Crippen LogP contribution in [0.3, 0.4) is 0 Å². The van der Waals surface area contributed by atoms with Crippen LogP contribution in [-0.2, 0) is 11.3 Å². The Bertz CT molecular complexity index is 1110. The zero-order valence-electron chi connectivity index (χ0n) is 19.8. The van der Waals surface area contributed by atoms with Gasteiger partial charge in [0.2, 0.25) is 5.91 Å². The molecule has 1 atom stereocenters. The molecule has 0 saturated heterocycles. The van der Waals surface area contributed by atoms with Crippen LogP contribution in [0.25, 0.3) is 0 Å². The summed E-state index contributed by atoms with van der Waals surface area (Å²) in [6.07, 6.45) is 0. The van der Waals surface area contributed by atoms with E-state index >= 15 is 0 Å². The summed E-state index contributed by atoms with van der Waals surface area (Å²) in [6, 6.07) is 14.8. The summed E-state index contributed by atoms with van der Waals surface area (Å²) >= 11 is 1.34. The molecule has 1 aromatic heterocycles. The van der Waals surface area contributed by atoms with Crippen molar-refractivity contribution in [3.63, 3.8) is 0 Å². The van der Waals surface area contributed by atoms with Crippen LogP contribution < -0.4 is 10.6 Å². The van der Waals surface area contributed by atoms with Crippen molar-refractivity contribution in [1.82, 2.24) is 20.1 Å². The van der Waals surface area contributed by atoms with Crippen LogP contribution in [0.15, 0.2) is 53.7 Å². The van der Waals surface area contributed by atoms with E-state index in [1.165, 1.54) is 11.8 Å². The Hall–Kier alpha value is -3.13. The molecule has 3 aromatic rings. The van der Waals surface area contributed by atoms with E-state index in [2.05, 4.69) is 20.8 Å². The largest absolute Gasteiger partial charge is 0.342 e. The minimum absolute atomic E-state index is 0.0984. The fourth-order valence-corrected chi connectivity index (χ4v) is 4.27. The van der Waals surface area contributed by atoms with Gasteiger partial charge in [-0.05, 0) is 56.0 Å². The predicted molar refractivity (Wildman–Crippen MR) is 132 cm³/mol. The zero-order chi connectivity index (χ0) is 24.0. The van der Waals surface area contributed by atoms with E-state index in [4.69, 9.17) is 0 Å². The number of anilines is 1. The summed E-state index contributed by atoms with van der Waals surface area (Å²) in [5.41, 5.74) is 3.54. The topological polar surface area (TPSA) is 88.9 Å². The molecule has 0 unspecified atom stereocenters.